The number of piperidine rings is 1. The Balaban J connectivity index is 2.13. The summed E-state index contributed by atoms with van der Waals surface area (Å²) in [5.41, 5.74) is 2.61. The van der Waals surface area contributed by atoms with Crippen LogP contribution in [0.5, 0.6) is 0 Å². The van der Waals surface area contributed by atoms with Gasteiger partial charge in [-0.1, -0.05) is 6.07 Å². The van der Waals surface area contributed by atoms with Crippen LogP contribution < -0.4 is 10.2 Å². The van der Waals surface area contributed by atoms with E-state index in [4.69, 9.17) is 4.74 Å². The first kappa shape index (κ1) is 15.5. The van der Waals surface area contributed by atoms with Crippen molar-refractivity contribution in [2.45, 2.75) is 33.1 Å². The molecule has 114 valence electrons. The molecule has 0 atom stereocenters. The number of aryl methyl sites for hydroxylation is 1. The van der Waals surface area contributed by atoms with Gasteiger partial charge in [0, 0.05) is 30.9 Å². The number of ether oxygens (including phenoxy) is 1. The highest BCUT2D eigenvalue weighted by Crippen LogP contribution is 2.27. The molecular weight excluding hydrogens is 268 g/mol. The van der Waals surface area contributed by atoms with Crippen molar-refractivity contribution in [2.24, 2.45) is 0 Å². The smallest absolute Gasteiger partial charge is 0.250 e. The first-order chi connectivity index (χ1) is 10.1. The molecule has 0 bridgehead atoms. The molecule has 1 saturated heterocycles. The van der Waals surface area contributed by atoms with Gasteiger partial charge in [0.25, 0.3) is 0 Å². The Morgan fingerprint density at radius 2 is 2.19 bits per heavy atom. The molecule has 2 amide bonds. The number of benzene rings is 1. The Morgan fingerprint density at radius 3 is 2.90 bits per heavy atom. The number of hydrogen-bond acceptors (Lipinski definition) is 3. The van der Waals surface area contributed by atoms with E-state index in [-0.39, 0.29) is 18.4 Å². The van der Waals surface area contributed by atoms with Crippen molar-refractivity contribution in [3.63, 3.8) is 0 Å². The quantitative estimate of drug-likeness (QED) is 0.906. The van der Waals surface area contributed by atoms with Gasteiger partial charge in [0.15, 0.2) is 0 Å². The molecule has 0 aromatic heterocycles. The Morgan fingerprint density at radius 1 is 1.38 bits per heavy atom. The van der Waals surface area contributed by atoms with Crippen LogP contribution in [0.1, 0.15) is 31.7 Å². The number of rotatable bonds is 5. The number of nitrogens with zero attached hydrogens (tertiary/aromatic N) is 1. The highest BCUT2D eigenvalue weighted by molar-refractivity contribution is 5.97. The molecule has 1 fully saturated rings. The number of carbonyl (C=O) groups excluding carboxylic acids is 2. The van der Waals surface area contributed by atoms with E-state index in [9.17, 15) is 9.59 Å². The van der Waals surface area contributed by atoms with Gasteiger partial charge in [0.2, 0.25) is 11.8 Å². The Labute approximate surface area is 125 Å². The van der Waals surface area contributed by atoms with E-state index in [1.165, 1.54) is 0 Å². The highest BCUT2D eigenvalue weighted by Gasteiger charge is 2.21. The molecule has 5 nitrogen and oxygen atoms in total. The van der Waals surface area contributed by atoms with Crippen molar-refractivity contribution in [3.05, 3.63) is 23.8 Å². The summed E-state index contributed by atoms with van der Waals surface area (Å²) in [6.45, 7) is 5.12. The molecule has 1 aromatic carbocycles. The number of hydrogen-bond donors (Lipinski definition) is 1. The molecule has 1 N–H and O–H groups in total. The second kappa shape index (κ2) is 7.22. The molecular formula is C16H22N2O3. The first-order valence-electron chi connectivity index (χ1n) is 7.40. The van der Waals surface area contributed by atoms with Crippen molar-refractivity contribution in [3.8, 4) is 0 Å². The molecule has 0 unspecified atom stereocenters. The topological polar surface area (TPSA) is 58.6 Å². The lowest BCUT2D eigenvalue weighted by molar-refractivity contribution is -0.120. The summed E-state index contributed by atoms with van der Waals surface area (Å²) >= 11 is 0. The maximum Gasteiger partial charge on any atom is 0.250 e. The maximum atomic E-state index is 12.0. The summed E-state index contributed by atoms with van der Waals surface area (Å²) in [5, 5.41) is 2.80. The minimum absolute atomic E-state index is 0.0440. The third-order valence-corrected chi connectivity index (χ3v) is 3.54. The minimum Gasteiger partial charge on any atom is -0.372 e. The molecule has 0 radical (unpaired) electrons. The van der Waals surface area contributed by atoms with E-state index in [0.29, 0.717) is 18.7 Å². The predicted octanol–water partition coefficient (Wildman–Crippen LogP) is 2.49. The molecule has 2 rings (SSSR count). The summed E-state index contributed by atoms with van der Waals surface area (Å²) in [5.74, 6) is -0.0289. The van der Waals surface area contributed by atoms with Crippen LogP contribution in [-0.2, 0) is 14.3 Å². The van der Waals surface area contributed by atoms with Crippen LogP contribution in [0.3, 0.4) is 0 Å². The number of anilines is 2. The first-order valence-corrected chi connectivity index (χ1v) is 7.40. The molecule has 0 spiro atoms. The molecule has 0 aliphatic carbocycles. The maximum absolute atomic E-state index is 12.0. The second-order valence-corrected chi connectivity index (χ2v) is 5.19. The molecule has 0 saturated carbocycles. The van der Waals surface area contributed by atoms with Crippen LogP contribution in [0.25, 0.3) is 0 Å². The van der Waals surface area contributed by atoms with Crippen LogP contribution in [-0.4, -0.2) is 31.6 Å². The summed E-state index contributed by atoms with van der Waals surface area (Å²) in [4.78, 5) is 25.5. The monoisotopic (exact) mass is 290 g/mol. The zero-order valence-corrected chi connectivity index (χ0v) is 12.6. The molecule has 5 heteroatoms. The van der Waals surface area contributed by atoms with Crippen LogP contribution in [0.2, 0.25) is 0 Å². The van der Waals surface area contributed by atoms with Crippen LogP contribution in [0.15, 0.2) is 18.2 Å². The van der Waals surface area contributed by atoms with Crippen molar-refractivity contribution in [1.82, 2.24) is 0 Å². The Hall–Kier alpha value is -1.88. The summed E-state index contributed by atoms with van der Waals surface area (Å²) in [6.07, 6.45) is 2.58. The van der Waals surface area contributed by atoms with Gasteiger partial charge >= 0.3 is 0 Å². The molecule has 1 aliphatic heterocycles. The van der Waals surface area contributed by atoms with Crippen LogP contribution >= 0.6 is 0 Å². The average Bonchev–Trinajstić information content (AvgIpc) is 2.48. The van der Waals surface area contributed by atoms with Gasteiger partial charge in [-0.25, -0.2) is 0 Å². The molecule has 1 aliphatic rings. The number of carbonyl (C=O) groups is 2. The fourth-order valence-electron chi connectivity index (χ4n) is 2.43. The predicted molar refractivity (Wildman–Crippen MR) is 82.5 cm³/mol. The zero-order chi connectivity index (χ0) is 15.2. The highest BCUT2D eigenvalue weighted by atomic mass is 16.5. The fourth-order valence-corrected chi connectivity index (χ4v) is 2.43. The Kier molecular flexibility index (Phi) is 5.33. The summed E-state index contributed by atoms with van der Waals surface area (Å²) < 4.78 is 5.08. The van der Waals surface area contributed by atoms with Crippen molar-refractivity contribution in [2.75, 3.05) is 30.0 Å². The summed E-state index contributed by atoms with van der Waals surface area (Å²) in [7, 11) is 0. The van der Waals surface area contributed by atoms with Gasteiger partial charge in [-0.15, -0.1) is 0 Å². The SMILES string of the molecule is CCOCC(=O)Nc1ccc(C)c(N2CCCCC2=O)c1. The van der Waals surface area contributed by atoms with Gasteiger partial charge in [-0.3, -0.25) is 9.59 Å². The third-order valence-electron chi connectivity index (χ3n) is 3.54. The van der Waals surface area contributed by atoms with Gasteiger partial charge in [0.05, 0.1) is 0 Å². The van der Waals surface area contributed by atoms with Crippen molar-refractivity contribution < 1.29 is 14.3 Å². The van der Waals surface area contributed by atoms with Crippen molar-refractivity contribution >= 4 is 23.2 Å². The van der Waals surface area contributed by atoms with Crippen LogP contribution in [0, 0.1) is 6.92 Å². The van der Waals surface area contributed by atoms with Gasteiger partial charge < -0.3 is 15.0 Å². The van der Waals surface area contributed by atoms with E-state index >= 15 is 0 Å². The summed E-state index contributed by atoms with van der Waals surface area (Å²) in [6, 6.07) is 5.63. The Bertz CT molecular complexity index is 528. The van der Waals surface area contributed by atoms with E-state index in [1.807, 2.05) is 36.9 Å². The minimum atomic E-state index is -0.184. The van der Waals surface area contributed by atoms with E-state index in [1.54, 1.807) is 0 Å². The molecule has 1 aromatic rings. The molecule has 21 heavy (non-hydrogen) atoms. The lowest BCUT2D eigenvalue weighted by Crippen LogP contribution is -2.35. The van der Waals surface area contributed by atoms with E-state index < -0.39 is 0 Å². The zero-order valence-electron chi connectivity index (χ0n) is 12.6. The lowest BCUT2D eigenvalue weighted by Gasteiger charge is -2.28. The standard InChI is InChI=1S/C16H22N2O3/c1-3-21-11-15(19)17-13-8-7-12(2)14(10-13)18-9-5-4-6-16(18)20/h7-8,10H,3-6,9,11H2,1-2H3,(H,17,19). The van der Waals surface area contributed by atoms with Gasteiger partial charge in [0.1, 0.15) is 6.61 Å². The molecule has 1 heterocycles. The number of nitrogens with one attached hydrogen (secondary N) is 1. The van der Waals surface area contributed by atoms with E-state index in [0.717, 1.165) is 30.6 Å². The largest absolute Gasteiger partial charge is 0.372 e. The normalized spacial score (nSPS) is 15.1. The fraction of sp³-hybridized carbons (Fsp3) is 0.500. The van der Waals surface area contributed by atoms with Crippen molar-refractivity contribution in [1.29, 1.82) is 0 Å². The lowest BCUT2D eigenvalue weighted by atomic mass is 10.1. The third kappa shape index (κ3) is 4.04. The average molecular weight is 290 g/mol. The number of amides is 2. The second-order valence-electron chi connectivity index (χ2n) is 5.19. The van der Waals surface area contributed by atoms with E-state index in [2.05, 4.69) is 5.32 Å². The van der Waals surface area contributed by atoms with Crippen LogP contribution in [0.4, 0.5) is 11.4 Å². The van der Waals surface area contributed by atoms with Gasteiger partial charge in [-0.2, -0.15) is 0 Å². The van der Waals surface area contributed by atoms with Gasteiger partial charge in [-0.05, 0) is 44.4 Å².